The van der Waals surface area contributed by atoms with Gasteiger partial charge in [-0.3, -0.25) is 14.9 Å². The standard InChI is InChI=1S/C24H28N4O3/c1-3-31-24-26-23(27-28-24)19-10-8-17(9-11-19)20-12-13-21(25-15-20)18-6-4-16(5-7-18)14-22(29)30-2/h8-13,15-16,18H,3-7,14H2,1-2H3,(H,26,27,28). The van der Waals surface area contributed by atoms with Crippen molar-refractivity contribution in [2.75, 3.05) is 13.7 Å². The summed E-state index contributed by atoms with van der Waals surface area (Å²) < 4.78 is 10.1. The second-order valence-electron chi connectivity index (χ2n) is 7.95. The number of carbonyl (C=O) groups is 1. The van der Waals surface area contributed by atoms with Crippen molar-refractivity contribution in [3.63, 3.8) is 0 Å². The number of aromatic nitrogens is 4. The van der Waals surface area contributed by atoms with Gasteiger partial charge in [0.25, 0.3) is 0 Å². The van der Waals surface area contributed by atoms with Gasteiger partial charge in [0.15, 0.2) is 5.82 Å². The van der Waals surface area contributed by atoms with Crippen molar-refractivity contribution >= 4 is 5.97 Å². The van der Waals surface area contributed by atoms with Crippen LogP contribution < -0.4 is 4.74 Å². The second kappa shape index (κ2) is 9.73. The van der Waals surface area contributed by atoms with Crippen LogP contribution in [0.15, 0.2) is 42.6 Å². The highest BCUT2D eigenvalue weighted by atomic mass is 16.5. The summed E-state index contributed by atoms with van der Waals surface area (Å²) >= 11 is 0. The number of aromatic amines is 1. The molecule has 0 aliphatic heterocycles. The summed E-state index contributed by atoms with van der Waals surface area (Å²) in [4.78, 5) is 20.6. The van der Waals surface area contributed by atoms with Crippen molar-refractivity contribution in [2.24, 2.45) is 5.92 Å². The SMILES string of the molecule is CCOc1n[nH]c(-c2ccc(-c3ccc(C4CCC(CC(=O)OC)CC4)nc3)cc2)n1. The first-order chi connectivity index (χ1) is 15.2. The minimum Gasteiger partial charge on any atom is -0.469 e. The second-order valence-corrected chi connectivity index (χ2v) is 7.95. The van der Waals surface area contributed by atoms with Gasteiger partial charge in [0.05, 0.1) is 13.7 Å². The van der Waals surface area contributed by atoms with Gasteiger partial charge in [-0.15, -0.1) is 5.10 Å². The molecular formula is C24H28N4O3. The van der Waals surface area contributed by atoms with E-state index in [4.69, 9.17) is 14.5 Å². The van der Waals surface area contributed by atoms with Crippen LogP contribution in [-0.2, 0) is 9.53 Å². The van der Waals surface area contributed by atoms with Gasteiger partial charge in [0.2, 0.25) is 0 Å². The van der Waals surface area contributed by atoms with Crippen molar-refractivity contribution in [1.82, 2.24) is 20.2 Å². The topological polar surface area (TPSA) is 90.0 Å². The molecule has 1 aliphatic carbocycles. The smallest absolute Gasteiger partial charge is 0.335 e. The molecule has 0 radical (unpaired) electrons. The zero-order valence-corrected chi connectivity index (χ0v) is 18.0. The molecule has 1 aliphatic rings. The Morgan fingerprint density at radius 1 is 1.03 bits per heavy atom. The van der Waals surface area contributed by atoms with E-state index in [0.29, 0.717) is 36.7 Å². The van der Waals surface area contributed by atoms with Gasteiger partial charge in [-0.05, 0) is 50.2 Å². The fraction of sp³-hybridized carbons (Fsp3) is 0.417. The molecule has 7 heteroatoms. The molecule has 2 heterocycles. The monoisotopic (exact) mass is 420 g/mol. The fourth-order valence-electron chi connectivity index (χ4n) is 4.19. The van der Waals surface area contributed by atoms with E-state index < -0.39 is 0 Å². The van der Waals surface area contributed by atoms with Crippen molar-refractivity contribution in [2.45, 2.75) is 44.9 Å². The quantitative estimate of drug-likeness (QED) is 0.554. The first-order valence-electron chi connectivity index (χ1n) is 10.8. The fourth-order valence-corrected chi connectivity index (χ4v) is 4.19. The Morgan fingerprint density at radius 3 is 2.39 bits per heavy atom. The van der Waals surface area contributed by atoms with Crippen molar-refractivity contribution in [3.8, 4) is 28.5 Å². The van der Waals surface area contributed by atoms with Crippen LogP contribution in [0.3, 0.4) is 0 Å². The maximum atomic E-state index is 11.5. The Hall–Kier alpha value is -3.22. The minimum atomic E-state index is -0.102. The van der Waals surface area contributed by atoms with E-state index in [1.165, 1.54) is 7.11 Å². The average molecular weight is 421 g/mol. The summed E-state index contributed by atoms with van der Waals surface area (Å²) in [6, 6.07) is 12.8. The minimum absolute atomic E-state index is 0.102. The highest BCUT2D eigenvalue weighted by molar-refractivity contribution is 5.69. The van der Waals surface area contributed by atoms with Crippen LogP contribution in [0, 0.1) is 5.92 Å². The lowest BCUT2D eigenvalue weighted by atomic mass is 9.79. The Morgan fingerprint density at radius 2 is 1.74 bits per heavy atom. The van der Waals surface area contributed by atoms with Crippen molar-refractivity contribution in [1.29, 1.82) is 0 Å². The number of nitrogens with one attached hydrogen (secondary N) is 1. The Balaban J connectivity index is 1.37. The highest BCUT2D eigenvalue weighted by Gasteiger charge is 2.25. The van der Waals surface area contributed by atoms with Gasteiger partial charge in [-0.2, -0.15) is 4.98 Å². The predicted octanol–water partition coefficient (Wildman–Crippen LogP) is 4.77. The van der Waals surface area contributed by atoms with Crippen molar-refractivity contribution < 1.29 is 14.3 Å². The molecule has 1 N–H and O–H groups in total. The van der Waals surface area contributed by atoms with Gasteiger partial charge in [0, 0.05) is 35.4 Å². The molecule has 0 spiro atoms. The molecule has 7 nitrogen and oxygen atoms in total. The molecule has 31 heavy (non-hydrogen) atoms. The van der Waals surface area contributed by atoms with Crippen LogP contribution in [0.4, 0.5) is 0 Å². The number of pyridine rings is 1. The molecule has 162 valence electrons. The maximum absolute atomic E-state index is 11.5. The number of nitrogens with zero attached hydrogens (tertiary/aromatic N) is 3. The normalized spacial score (nSPS) is 18.5. The molecule has 0 bridgehead atoms. The van der Waals surface area contributed by atoms with E-state index in [0.717, 1.165) is 48.1 Å². The van der Waals surface area contributed by atoms with E-state index in [2.05, 4.69) is 39.4 Å². The molecule has 3 aromatic rings. The third-order valence-electron chi connectivity index (χ3n) is 5.96. The zero-order valence-electron chi connectivity index (χ0n) is 18.0. The van der Waals surface area contributed by atoms with Crippen LogP contribution in [0.2, 0.25) is 0 Å². The number of hydrogen-bond acceptors (Lipinski definition) is 6. The first-order valence-corrected chi connectivity index (χ1v) is 10.8. The number of methoxy groups -OCH3 is 1. The maximum Gasteiger partial charge on any atom is 0.335 e. The number of carbonyl (C=O) groups excluding carboxylic acids is 1. The lowest BCUT2D eigenvalue weighted by Crippen LogP contribution is -2.17. The van der Waals surface area contributed by atoms with Gasteiger partial charge in [-0.1, -0.05) is 30.3 Å². The molecule has 0 saturated heterocycles. The van der Waals surface area contributed by atoms with Gasteiger partial charge >= 0.3 is 12.0 Å². The van der Waals surface area contributed by atoms with E-state index in [1.54, 1.807) is 0 Å². The Bertz CT molecular complexity index is 990. The summed E-state index contributed by atoms with van der Waals surface area (Å²) in [5.74, 6) is 1.49. The number of hydrogen-bond donors (Lipinski definition) is 1. The molecule has 1 aromatic carbocycles. The number of esters is 1. The molecular weight excluding hydrogens is 392 g/mol. The van der Waals surface area contributed by atoms with E-state index in [-0.39, 0.29) is 5.97 Å². The molecule has 0 amide bonds. The summed E-state index contributed by atoms with van der Waals surface area (Å²) in [7, 11) is 1.46. The highest BCUT2D eigenvalue weighted by Crippen LogP contribution is 2.37. The van der Waals surface area contributed by atoms with Crippen molar-refractivity contribution in [3.05, 3.63) is 48.3 Å². The van der Waals surface area contributed by atoms with Gasteiger partial charge in [0.1, 0.15) is 0 Å². The number of rotatable bonds is 7. The van der Waals surface area contributed by atoms with Crippen LogP contribution in [0.5, 0.6) is 6.01 Å². The first kappa shape index (κ1) is 21.0. The summed E-state index contributed by atoms with van der Waals surface area (Å²) in [6.07, 6.45) is 6.74. The molecule has 1 saturated carbocycles. The number of ether oxygens (including phenoxy) is 2. The van der Waals surface area contributed by atoms with Crippen LogP contribution >= 0.6 is 0 Å². The molecule has 4 rings (SSSR count). The van der Waals surface area contributed by atoms with Gasteiger partial charge in [-0.25, -0.2) is 0 Å². The third-order valence-corrected chi connectivity index (χ3v) is 5.96. The number of benzene rings is 1. The summed E-state index contributed by atoms with van der Waals surface area (Å²) in [6.45, 7) is 2.44. The van der Waals surface area contributed by atoms with Crippen LogP contribution in [0.1, 0.15) is 50.6 Å². The Kier molecular flexibility index (Phi) is 6.60. The molecule has 1 fully saturated rings. The average Bonchev–Trinajstić information content (AvgIpc) is 3.29. The lowest BCUT2D eigenvalue weighted by Gasteiger charge is -2.27. The molecule has 0 unspecified atom stereocenters. The van der Waals surface area contributed by atoms with Crippen LogP contribution in [0.25, 0.3) is 22.5 Å². The van der Waals surface area contributed by atoms with Crippen LogP contribution in [-0.4, -0.2) is 39.9 Å². The summed E-state index contributed by atoms with van der Waals surface area (Å²) in [5.41, 5.74) is 4.29. The summed E-state index contributed by atoms with van der Waals surface area (Å²) in [5, 5.41) is 6.95. The predicted molar refractivity (Wildman–Crippen MR) is 118 cm³/mol. The van der Waals surface area contributed by atoms with Gasteiger partial charge < -0.3 is 9.47 Å². The number of H-pyrrole nitrogens is 1. The van der Waals surface area contributed by atoms with E-state index in [1.807, 2.05) is 25.3 Å². The van der Waals surface area contributed by atoms with E-state index in [9.17, 15) is 4.79 Å². The zero-order chi connectivity index (χ0) is 21.6. The Labute approximate surface area is 182 Å². The largest absolute Gasteiger partial charge is 0.469 e. The molecule has 0 atom stereocenters. The molecule has 2 aromatic heterocycles. The van der Waals surface area contributed by atoms with E-state index >= 15 is 0 Å². The lowest BCUT2D eigenvalue weighted by molar-refractivity contribution is -0.142. The third kappa shape index (κ3) is 5.10.